The maximum Gasteiger partial charge on any atom is 0.308 e. The number of benzene rings is 1. The Morgan fingerprint density at radius 3 is 2.29 bits per heavy atom. The molecular weight excluding hydrogens is 677 g/mol. The first-order valence-corrected chi connectivity index (χ1v) is 16.9. The van der Waals surface area contributed by atoms with E-state index in [1.54, 1.807) is 0 Å². The standard InChI is InChI=1S/C29H44FN5O13S/c1-19(2)27-25(28(20-6-8-21(30)9-7-20)32-29(31-27)33(3)49(4,43)44)11-10-22(36)16-23(37)17-26(38)46-18-24(48-35(41)42)12-15-45-13-5-14-47-34(39)40/h6-11,19,22-24,36-37,39-42H,5,12-18H2,1-4H3/b11-10+. The molecule has 0 bridgehead atoms. The van der Waals surface area contributed by atoms with Crippen LogP contribution in [0.15, 0.2) is 30.3 Å². The number of aliphatic hydroxyl groups is 2. The van der Waals surface area contributed by atoms with Crippen molar-refractivity contribution in [2.24, 2.45) is 0 Å². The van der Waals surface area contributed by atoms with Crippen molar-refractivity contribution in [3.8, 4) is 11.3 Å². The summed E-state index contributed by atoms with van der Waals surface area (Å²) in [5.41, 5.74) is 1.59. The number of nitrogens with zero attached hydrogens (tertiary/aromatic N) is 5. The van der Waals surface area contributed by atoms with Crippen LogP contribution in [-0.2, 0) is 34.0 Å². The van der Waals surface area contributed by atoms with Gasteiger partial charge in [0.05, 0.1) is 53.7 Å². The fraction of sp³-hybridized carbons (Fsp3) is 0.552. The topological polar surface area (TPSA) is 245 Å². The molecule has 6 N–H and O–H groups in total. The van der Waals surface area contributed by atoms with Crippen molar-refractivity contribution in [3.05, 3.63) is 47.4 Å². The van der Waals surface area contributed by atoms with Gasteiger partial charge >= 0.3 is 5.97 Å². The minimum atomic E-state index is -3.72. The van der Waals surface area contributed by atoms with Gasteiger partial charge in [0.2, 0.25) is 16.0 Å². The predicted octanol–water partition coefficient (Wildman–Crippen LogP) is 2.05. The molecule has 3 atom stereocenters. The van der Waals surface area contributed by atoms with E-state index < -0.39 is 63.9 Å². The summed E-state index contributed by atoms with van der Waals surface area (Å²) >= 11 is 0. The highest BCUT2D eigenvalue weighted by molar-refractivity contribution is 7.92. The molecule has 0 amide bonds. The highest BCUT2D eigenvalue weighted by Gasteiger charge is 2.23. The summed E-state index contributed by atoms with van der Waals surface area (Å²) in [6, 6.07) is 5.39. The van der Waals surface area contributed by atoms with Crippen molar-refractivity contribution in [2.45, 2.75) is 63.8 Å². The summed E-state index contributed by atoms with van der Waals surface area (Å²) in [7, 11) is -2.42. The predicted molar refractivity (Wildman–Crippen MR) is 168 cm³/mol. The molecule has 0 aliphatic heterocycles. The molecular formula is C29H44FN5O13S. The van der Waals surface area contributed by atoms with Gasteiger partial charge in [-0.05, 0) is 36.6 Å². The first-order valence-electron chi connectivity index (χ1n) is 15.0. The van der Waals surface area contributed by atoms with Gasteiger partial charge in [-0.3, -0.25) is 30.5 Å². The Hall–Kier alpha value is -3.25. The summed E-state index contributed by atoms with van der Waals surface area (Å²) in [4.78, 5) is 30.4. The number of hydrogen-bond donors (Lipinski definition) is 6. The zero-order valence-electron chi connectivity index (χ0n) is 27.5. The molecule has 49 heavy (non-hydrogen) atoms. The summed E-state index contributed by atoms with van der Waals surface area (Å²) in [5.74, 6) is -1.70. The number of carbonyl (C=O) groups is 1. The van der Waals surface area contributed by atoms with Crippen molar-refractivity contribution in [1.29, 1.82) is 0 Å². The van der Waals surface area contributed by atoms with Crippen LogP contribution < -0.4 is 4.31 Å². The number of hydrogen-bond acceptors (Lipinski definition) is 17. The highest BCUT2D eigenvalue weighted by atomic mass is 32.2. The van der Waals surface area contributed by atoms with E-state index in [1.807, 2.05) is 13.8 Å². The van der Waals surface area contributed by atoms with Crippen LogP contribution in [0.5, 0.6) is 0 Å². The molecule has 0 radical (unpaired) electrons. The van der Waals surface area contributed by atoms with Crippen LogP contribution in [0.3, 0.4) is 0 Å². The summed E-state index contributed by atoms with van der Waals surface area (Å²) < 4.78 is 49.5. The molecule has 3 unspecified atom stereocenters. The van der Waals surface area contributed by atoms with Gasteiger partial charge < -0.3 is 19.7 Å². The lowest BCUT2D eigenvalue weighted by Crippen LogP contribution is -2.31. The molecule has 0 aliphatic rings. The van der Waals surface area contributed by atoms with Crippen molar-refractivity contribution in [1.82, 2.24) is 20.7 Å². The zero-order valence-corrected chi connectivity index (χ0v) is 28.3. The Balaban J connectivity index is 2.07. The van der Waals surface area contributed by atoms with Gasteiger partial charge in [0.1, 0.15) is 18.5 Å². The molecule has 2 aromatic rings. The Bertz CT molecular complexity index is 1450. The van der Waals surface area contributed by atoms with E-state index in [2.05, 4.69) is 14.8 Å². The highest BCUT2D eigenvalue weighted by Crippen LogP contribution is 2.31. The Morgan fingerprint density at radius 1 is 1.02 bits per heavy atom. The van der Waals surface area contributed by atoms with Crippen molar-refractivity contribution < 1.29 is 67.8 Å². The number of rotatable bonds is 22. The largest absolute Gasteiger partial charge is 0.463 e. The number of ether oxygens (including phenoxy) is 2. The molecule has 20 heteroatoms. The Kier molecular flexibility index (Phi) is 17.5. The SMILES string of the molecule is CC(C)c1nc(N(C)S(C)(=O)=O)nc(-c2ccc(F)cc2)c1/C=C/C(O)CC(O)CC(=O)OCC(CCOCCCON(O)O)ON(O)O. The first-order chi connectivity index (χ1) is 23.0. The van der Waals surface area contributed by atoms with Gasteiger partial charge in [0, 0.05) is 44.2 Å². The molecule has 276 valence electrons. The molecule has 18 nitrogen and oxygen atoms in total. The smallest absolute Gasteiger partial charge is 0.308 e. The summed E-state index contributed by atoms with van der Waals surface area (Å²) in [5, 5.41) is 55.1. The molecule has 0 saturated carbocycles. The maximum atomic E-state index is 13.7. The quantitative estimate of drug-likeness (QED) is 0.0579. The van der Waals surface area contributed by atoms with E-state index in [1.165, 1.54) is 43.5 Å². The van der Waals surface area contributed by atoms with Crippen LogP contribution in [0, 0.1) is 5.82 Å². The van der Waals surface area contributed by atoms with E-state index in [4.69, 9.17) is 35.1 Å². The third-order valence-corrected chi connectivity index (χ3v) is 7.86. The fourth-order valence-electron chi connectivity index (χ4n) is 4.20. The number of esters is 1. The number of anilines is 1. The number of sulfonamides is 1. The van der Waals surface area contributed by atoms with Crippen LogP contribution in [0.1, 0.15) is 56.7 Å². The van der Waals surface area contributed by atoms with Gasteiger partial charge in [-0.1, -0.05) is 26.0 Å². The lowest BCUT2D eigenvalue weighted by molar-refractivity contribution is -0.506. The molecule has 1 aromatic carbocycles. The van der Waals surface area contributed by atoms with Crippen molar-refractivity contribution >= 4 is 28.0 Å². The van der Waals surface area contributed by atoms with Crippen LogP contribution >= 0.6 is 0 Å². The monoisotopic (exact) mass is 721 g/mol. The van der Waals surface area contributed by atoms with Crippen LogP contribution in [0.4, 0.5) is 10.3 Å². The average Bonchev–Trinajstić information content (AvgIpc) is 3.00. The maximum absolute atomic E-state index is 13.7. The zero-order chi connectivity index (χ0) is 36.7. The third kappa shape index (κ3) is 15.5. The van der Waals surface area contributed by atoms with E-state index in [0.29, 0.717) is 23.2 Å². The first kappa shape index (κ1) is 41.9. The Labute approximate surface area is 282 Å². The molecule has 0 fully saturated rings. The van der Waals surface area contributed by atoms with Gasteiger partial charge in [0.15, 0.2) is 0 Å². The molecule has 0 spiro atoms. The van der Waals surface area contributed by atoms with Crippen LogP contribution in [0.25, 0.3) is 17.3 Å². The molecule has 2 rings (SSSR count). The number of carbonyl (C=O) groups excluding carboxylic acids is 1. The minimum Gasteiger partial charge on any atom is -0.463 e. The van der Waals surface area contributed by atoms with Gasteiger partial charge in [-0.25, -0.2) is 31.9 Å². The van der Waals surface area contributed by atoms with Gasteiger partial charge in [-0.2, -0.15) is 0 Å². The van der Waals surface area contributed by atoms with E-state index >= 15 is 0 Å². The number of halogens is 1. The number of aliphatic hydroxyl groups excluding tert-OH is 2. The lowest BCUT2D eigenvalue weighted by Gasteiger charge is -2.20. The number of aromatic nitrogens is 2. The average molecular weight is 722 g/mol. The van der Waals surface area contributed by atoms with E-state index in [-0.39, 0.29) is 50.2 Å². The molecule has 0 saturated heterocycles. The normalized spacial score (nSPS) is 14.2. The third-order valence-electron chi connectivity index (χ3n) is 6.71. The van der Waals surface area contributed by atoms with Crippen molar-refractivity contribution in [2.75, 3.05) is 44.0 Å². The van der Waals surface area contributed by atoms with E-state index in [0.717, 1.165) is 10.6 Å². The van der Waals surface area contributed by atoms with Crippen LogP contribution in [-0.4, -0.2) is 124 Å². The fourth-order valence-corrected chi connectivity index (χ4v) is 4.58. The van der Waals surface area contributed by atoms with Gasteiger partial charge in [0.25, 0.3) is 0 Å². The molecule has 1 aromatic heterocycles. The van der Waals surface area contributed by atoms with Gasteiger partial charge in [-0.15, -0.1) is 0 Å². The molecule has 1 heterocycles. The summed E-state index contributed by atoms with van der Waals surface area (Å²) in [6.07, 6.45) is -0.235. The van der Waals surface area contributed by atoms with Crippen molar-refractivity contribution in [3.63, 3.8) is 0 Å². The summed E-state index contributed by atoms with van der Waals surface area (Å²) in [6.45, 7) is 3.39. The second kappa shape index (κ2) is 20.4. The lowest BCUT2D eigenvalue weighted by atomic mass is 9.97. The minimum absolute atomic E-state index is 0.0406. The van der Waals surface area contributed by atoms with Crippen LogP contribution in [0.2, 0.25) is 0 Å². The second-order valence-corrected chi connectivity index (χ2v) is 13.1. The second-order valence-electron chi connectivity index (χ2n) is 11.1. The molecule has 0 aliphatic carbocycles. The van der Waals surface area contributed by atoms with E-state index in [9.17, 15) is 27.8 Å². The Morgan fingerprint density at radius 2 is 1.69 bits per heavy atom.